The zero-order chi connectivity index (χ0) is 12.5. The van der Waals surface area contributed by atoms with Crippen molar-refractivity contribution in [2.24, 2.45) is 0 Å². The summed E-state index contributed by atoms with van der Waals surface area (Å²) in [7, 11) is 0. The van der Waals surface area contributed by atoms with E-state index in [9.17, 15) is 10.1 Å². The first-order chi connectivity index (χ1) is 8.24. The summed E-state index contributed by atoms with van der Waals surface area (Å²) in [4.78, 5) is 10.1. The zero-order valence-corrected chi connectivity index (χ0v) is 10.2. The molecule has 94 valence electrons. The molecule has 0 aliphatic heterocycles. The van der Waals surface area contributed by atoms with Crippen molar-refractivity contribution in [2.75, 3.05) is 13.2 Å². The van der Waals surface area contributed by atoms with Gasteiger partial charge in [-0.3, -0.25) is 10.1 Å². The molecule has 17 heavy (non-hydrogen) atoms. The average Bonchev–Trinajstić information content (AvgIpc) is 2.33. The van der Waals surface area contributed by atoms with E-state index in [2.05, 4.69) is 6.92 Å². The van der Waals surface area contributed by atoms with E-state index in [1.165, 1.54) is 0 Å². The molecule has 1 aromatic carbocycles. The highest BCUT2D eigenvalue weighted by Crippen LogP contribution is 2.11. The molecule has 0 N–H and O–H groups in total. The highest BCUT2D eigenvalue weighted by Gasteiger charge is 2.05. The summed E-state index contributed by atoms with van der Waals surface area (Å²) >= 11 is 0. The van der Waals surface area contributed by atoms with Gasteiger partial charge in [0, 0.05) is 18.0 Å². The minimum atomic E-state index is -0.283. The summed E-state index contributed by atoms with van der Waals surface area (Å²) in [5.41, 5.74) is 2.08. The Morgan fingerprint density at radius 2 is 2.00 bits per heavy atom. The molecule has 0 aromatic heterocycles. The van der Waals surface area contributed by atoms with Crippen molar-refractivity contribution >= 4 is 0 Å². The highest BCUT2D eigenvalue weighted by molar-refractivity contribution is 5.26. The predicted molar refractivity (Wildman–Crippen MR) is 66.6 cm³/mol. The second kappa shape index (κ2) is 7.79. The average molecular weight is 237 g/mol. The molecule has 0 unspecified atom stereocenters. The van der Waals surface area contributed by atoms with Crippen LogP contribution in [0.3, 0.4) is 0 Å². The Hall–Kier alpha value is -1.42. The molecule has 0 spiro atoms. The Balaban J connectivity index is 2.48. The Bertz CT molecular complexity index is 352. The quantitative estimate of drug-likeness (QED) is 0.397. The number of hydrogen-bond acceptors (Lipinski definition) is 3. The predicted octanol–water partition coefficient (Wildman–Crippen LogP) is 2.82. The monoisotopic (exact) mass is 237 g/mol. The van der Waals surface area contributed by atoms with Gasteiger partial charge in [-0.15, -0.1) is 0 Å². The molecule has 0 heterocycles. The smallest absolute Gasteiger partial charge is 0.207 e. The maximum atomic E-state index is 10.4. The normalized spacial score (nSPS) is 10.4. The molecule has 0 aliphatic carbocycles. The van der Waals surface area contributed by atoms with Crippen molar-refractivity contribution in [3.8, 4) is 0 Å². The van der Waals surface area contributed by atoms with Gasteiger partial charge in [0.05, 0.1) is 6.61 Å². The third kappa shape index (κ3) is 5.45. The molecule has 0 atom stereocenters. The minimum absolute atomic E-state index is 0.0219. The summed E-state index contributed by atoms with van der Waals surface area (Å²) in [6.45, 7) is 3.40. The van der Waals surface area contributed by atoms with Gasteiger partial charge in [-0.25, -0.2) is 0 Å². The molecule has 0 fully saturated rings. The van der Waals surface area contributed by atoms with Crippen LogP contribution in [0.15, 0.2) is 24.3 Å². The van der Waals surface area contributed by atoms with Crippen LogP contribution < -0.4 is 0 Å². The SMILES string of the molecule is CCCCOCc1ccccc1CC[N+](=O)[O-]. The summed E-state index contributed by atoms with van der Waals surface area (Å²) in [6, 6.07) is 7.75. The molecule has 4 heteroatoms. The fraction of sp³-hybridized carbons (Fsp3) is 0.538. The van der Waals surface area contributed by atoms with Crippen LogP contribution in [0.25, 0.3) is 0 Å². The molecule has 0 bridgehead atoms. The van der Waals surface area contributed by atoms with Gasteiger partial charge in [0.15, 0.2) is 0 Å². The molecular weight excluding hydrogens is 218 g/mol. The Labute approximate surface area is 102 Å². The van der Waals surface area contributed by atoms with Gasteiger partial charge < -0.3 is 4.74 Å². The summed E-state index contributed by atoms with van der Waals surface area (Å²) < 4.78 is 5.54. The van der Waals surface area contributed by atoms with Gasteiger partial charge >= 0.3 is 0 Å². The largest absolute Gasteiger partial charge is 0.377 e. The van der Waals surface area contributed by atoms with E-state index < -0.39 is 0 Å². The molecule has 4 nitrogen and oxygen atoms in total. The maximum absolute atomic E-state index is 10.4. The van der Waals surface area contributed by atoms with Crippen LogP contribution in [0.1, 0.15) is 30.9 Å². The van der Waals surface area contributed by atoms with E-state index in [0.29, 0.717) is 13.0 Å². The lowest BCUT2D eigenvalue weighted by molar-refractivity contribution is -0.479. The topological polar surface area (TPSA) is 52.4 Å². The van der Waals surface area contributed by atoms with Gasteiger partial charge in [0.1, 0.15) is 0 Å². The fourth-order valence-electron chi connectivity index (χ4n) is 1.58. The van der Waals surface area contributed by atoms with E-state index in [-0.39, 0.29) is 11.5 Å². The second-order valence-corrected chi connectivity index (χ2v) is 3.98. The lowest BCUT2D eigenvalue weighted by Gasteiger charge is -2.08. The second-order valence-electron chi connectivity index (χ2n) is 3.98. The van der Waals surface area contributed by atoms with E-state index in [1.54, 1.807) is 0 Å². The lowest BCUT2D eigenvalue weighted by atomic mass is 10.1. The van der Waals surface area contributed by atoms with Gasteiger partial charge in [0.25, 0.3) is 0 Å². The van der Waals surface area contributed by atoms with Gasteiger partial charge in [-0.2, -0.15) is 0 Å². The standard InChI is InChI=1S/C13H19NO3/c1-2-3-10-17-11-13-7-5-4-6-12(13)8-9-14(15)16/h4-7H,2-3,8-11H2,1H3. The van der Waals surface area contributed by atoms with Gasteiger partial charge in [-0.05, 0) is 17.5 Å². The molecule has 1 rings (SSSR count). The molecular formula is C13H19NO3. The van der Waals surface area contributed by atoms with Gasteiger partial charge in [0.2, 0.25) is 6.54 Å². The fourth-order valence-corrected chi connectivity index (χ4v) is 1.58. The van der Waals surface area contributed by atoms with Crippen LogP contribution >= 0.6 is 0 Å². The summed E-state index contributed by atoms with van der Waals surface area (Å²) in [5.74, 6) is 0. The lowest BCUT2D eigenvalue weighted by Crippen LogP contribution is -2.07. The van der Waals surface area contributed by atoms with E-state index in [0.717, 1.165) is 30.6 Å². The molecule has 0 amide bonds. The molecule has 0 saturated heterocycles. The third-order valence-corrected chi connectivity index (χ3v) is 2.58. The van der Waals surface area contributed by atoms with Crippen LogP contribution in [0.5, 0.6) is 0 Å². The maximum Gasteiger partial charge on any atom is 0.207 e. The van der Waals surface area contributed by atoms with E-state index >= 15 is 0 Å². The highest BCUT2D eigenvalue weighted by atomic mass is 16.6. The van der Waals surface area contributed by atoms with Crippen molar-refractivity contribution in [3.63, 3.8) is 0 Å². The van der Waals surface area contributed by atoms with Crippen molar-refractivity contribution in [3.05, 3.63) is 45.5 Å². The molecule has 0 saturated carbocycles. The summed E-state index contributed by atoms with van der Waals surface area (Å²) in [5, 5.41) is 10.4. The third-order valence-electron chi connectivity index (χ3n) is 2.58. The van der Waals surface area contributed by atoms with Gasteiger partial charge in [-0.1, -0.05) is 37.6 Å². The number of benzene rings is 1. The van der Waals surface area contributed by atoms with Crippen molar-refractivity contribution in [1.82, 2.24) is 0 Å². The number of hydrogen-bond donors (Lipinski definition) is 0. The van der Waals surface area contributed by atoms with Crippen LogP contribution in [0.2, 0.25) is 0 Å². The van der Waals surface area contributed by atoms with Crippen molar-refractivity contribution in [1.29, 1.82) is 0 Å². The van der Waals surface area contributed by atoms with Crippen LogP contribution in [0.4, 0.5) is 0 Å². The van der Waals surface area contributed by atoms with Crippen LogP contribution in [0, 0.1) is 10.1 Å². The first-order valence-electron chi connectivity index (χ1n) is 6.00. The number of nitrogens with zero attached hydrogens (tertiary/aromatic N) is 1. The van der Waals surface area contributed by atoms with E-state index in [4.69, 9.17) is 4.74 Å². The Kier molecular flexibility index (Phi) is 6.25. The number of rotatable bonds is 8. The Morgan fingerprint density at radius 3 is 2.65 bits per heavy atom. The van der Waals surface area contributed by atoms with Crippen LogP contribution in [-0.2, 0) is 17.8 Å². The first kappa shape index (κ1) is 13.6. The van der Waals surface area contributed by atoms with Crippen molar-refractivity contribution in [2.45, 2.75) is 32.8 Å². The number of ether oxygens (including phenoxy) is 1. The zero-order valence-electron chi connectivity index (χ0n) is 10.2. The molecule has 0 aliphatic rings. The van der Waals surface area contributed by atoms with Crippen LogP contribution in [-0.4, -0.2) is 18.1 Å². The molecule has 0 radical (unpaired) electrons. The number of nitro groups is 1. The van der Waals surface area contributed by atoms with E-state index in [1.807, 2.05) is 24.3 Å². The minimum Gasteiger partial charge on any atom is -0.377 e. The molecule has 1 aromatic rings. The summed E-state index contributed by atoms with van der Waals surface area (Å²) in [6.07, 6.45) is 2.64. The Morgan fingerprint density at radius 1 is 1.29 bits per heavy atom. The first-order valence-corrected chi connectivity index (χ1v) is 6.00. The number of unbranched alkanes of at least 4 members (excludes halogenated alkanes) is 1. The van der Waals surface area contributed by atoms with Crippen molar-refractivity contribution < 1.29 is 9.66 Å².